The third-order valence-corrected chi connectivity index (χ3v) is 4.40. The number of anilines is 1. The molecule has 28 heavy (non-hydrogen) atoms. The summed E-state index contributed by atoms with van der Waals surface area (Å²) in [6.45, 7) is 1.86. The predicted molar refractivity (Wildman–Crippen MR) is 107 cm³/mol. The summed E-state index contributed by atoms with van der Waals surface area (Å²) in [5.41, 5.74) is 3.65. The molecule has 2 N–H and O–H groups in total. The van der Waals surface area contributed by atoms with Gasteiger partial charge in [-0.2, -0.15) is 5.10 Å². The molecule has 3 aromatic rings. The molecule has 0 unspecified atom stereocenters. The van der Waals surface area contributed by atoms with Crippen molar-refractivity contribution in [3.8, 4) is 28.5 Å². The number of aromatic amines is 1. The second kappa shape index (κ2) is 8.47. The number of carbonyl (C=O) groups excluding carboxylic acids is 1. The highest BCUT2D eigenvalue weighted by Gasteiger charge is 2.19. The number of benzene rings is 2. The number of H-pyrrole nitrogens is 1. The van der Waals surface area contributed by atoms with Gasteiger partial charge in [-0.15, -0.1) is 0 Å². The van der Waals surface area contributed by atoms with E-state index in [0.717, 1.165) is 22.6 Å². The lowest BCUT2D eigenvalue weighted by molar-refractivity contribution is -0.115. The molecule has 0 aliphatic heterocycles. The number of aryl methyl sites for hydroxylation is 1. The van der Waals surface area contributed by atoms with Gasteiger partial charge in [-0.05, 0) is 36.8 Å². The first-order valence-electron chi connectivity index (χ1n) is 8.75. The first kappa shape index (κ1) is 19.3. The van der Waals surface area contributed by atoms with Gasteiger partial charge in [-0.1, -0.05) is 12.1 Å². The van der Waals surface area contributed by atoms with Gasteiger partial charge in [0.05, 0.1) is 39.1 Å². The number of rotatable bonds is 7. The smallest absolute Gasteiger partial charge is 0.228 e. The van der Waals surface area contributed by atoms with Crippen molar-refractivity contribution in [2.24, 2.45) is 0 Å². The summed E-state index contributed by atoms with van der Waals surface area (Å²) >= 11 is 0. The normalized spacial score (nSPS) is 10.4. The molecule has 0 aliphatic carbocycles. The van der Waals surface area contributed by atoms with Crippen LogP contribution in [0.5, 0.6) is 17.2 Å². The van der Waals surface area contributed by atoms with Crippen molar-refractivity contribution in [2.75, 3.05) is 26.6 Å². The van der Waals surface area contributed by atoms with Crippen molar-refractivity contribution >= 4 is 11.6 Å². The Hall–Kier alpha value is -3.48. The zero-order chi connectivity index (χ0) is 20.1. The van der Waals surface area contributed by atoms with E-state index >= 15 is 0 Å². The molecular formula is C21H23N3O4. The number of ether oxygens (including phenoxy) is 3. The van der Waals surface area contributed by atoms with Crippen LogP contribution in [0.4, 0.5) is 5.69 Å². The second-order valence-electron chi connectivity index (χ2n) is 6.21. The summed E-state index contributed by atoms with van der Waals surface area (Å²) in [5, 5.41) is 10.3. The van der Waals surface area contributed by atoms with Gasteiger partial charge in [0.25, 0.3) is 0 Å². The molecular weight excluding hydrogens is 358 g/mol. The van der Waals surface area contributed by atoms with Crippen LogP contribution in [0.2, 0.25) is 0 Å². The molecule has 0 radical (unpaired) electrons. The van der Waals surface area contributed by atoms with Crippen molar-refractivity contribution in [1.29, 1.82) is 0 Å². The van der Waals surface area contributed by atoms with Crippen molar-refractivity contribution in [1.82, 2.24) is 10.2 Å². The van der Waals surface area contributed by atoms with Crippen molar-refractivity contribution in [3.63, 3.8) is 0 Å². The van der Waals surface area contributed by atoms with E-state index in [0.29, 0.717) is 22.9 Å². The Kier molecular flexibility index (Phi) is 5.84. The van der Waals surface area contributed by atoms with Crippen LogP contribution in [0.1, 0.15) is 11.3 Å². The molecule has 3 rings (SSSR count). The fraction of sp³-hybridized carbons (Fsp3) is 0.238. The van der Waals surface area contributed by atoms with Crippen LogP contribution >= 0.6 is 0 Å². The van der Waals surface area contributed by atoms with Crippen LogP contribution in [-0.4, -0.2) is 37.4 Å². The SMILES string of the molecule is COc1ccc(CC(=O)Nc2c(-c3ccc(OC)cc3OC)n[nH]c2C)cc1. The third-order valence-electron chi connectivity index (χ3n) is 4.40. The van der Waals surface area contributed by atoms with Crippen molar-refractivity contribution < 1.29 is 19.0 Å². The first-order chi connectivity index (χ1) is 13.5. The number of carbonyl (C=O) groups is 1. The Labute approximate surface area is 163 Å². The molecule has 1 amide bonds. The molecule has 0 spiro atoms. The fourth-order valence-corrected chi connectivity index (χ4v) is 2.88. The molecule has 0 saturated carbocycles. The van der Waals surface area contributed by atoms with Crippen molar-refractivity contribution in [2.45, 2.75) is 13.3 Å². The number of aromatic nitrogens is 2. The first-order valence-corrected chi connectivity index (χ1v) is 8.75. The Bertz CT molecular complexity index is 964. The largest absolute Gasteiger partial charge is 0.497 e. The second-order valence-corrected chi connectivity index (χ2v) is 6.21. The maximum Gasteiger partial charge on any atom is 0.228 e. The van der Waals surface area contributed by atoms with E-state index < -0.39 is 0 Å². The molecule has 1 aromatic heterocycles. The summed E-state index contributed by atoms with van der Waals surface area (Å²) < 4.78 is 15.9. The lowest BCUT2D eigenvalue weighted by Crippen LogP contribution is -2.15. The Morgan fingerprint density at radius 1 is 1.00 bits per heavy atom. The summed E-state index contributed by atoms with van der Waals surface area (Å²) in [4.78, 5) is 12.6. The molecule has 2 aromatic carbocycles. The lowest BCUT2D eigenvalue weighted by Gasteiger charge is -2.11. The minimum atomic E-state index is -0.136. The molecule has 0 saturated heterocycles. The fourth-order valence-electron chi connectivity index (χ4n) is 2.88. The van der Waals surface area contributed by atoms with E-state index in [4.69, 9.17) is 14.2 Å². The summed E-state index contributed by atoms with van der Waals surface area (Å²) in [6, 6.07) is 12.9. The van der Waals surface area contributed by atoms with Gasteiger partial charge in [0, 0.05) is 11.6 Å². The van der Waals surface area contributed by atoms with Crippen LogP contribution < -0.4 is 19.5 Å². The van der Waals surface area contributed by atoms with Crippen molar-refractivity contribution in [3.05, 3.63) is 53.7 Å². The molecule has 0 bridgehead atoms. The van der Waals surface area contributed by atoms with Crippen LogP contribution in [0, 0.1) is 6.92 Å². The quantitative estimate of drug-likeness (QED) is 0.653. The predicted octanol–water partition coefficient (Wildman–Crippen LogP) is 3.59. The van der Waals surface area contributed by atoms with Gasteiger partial charge in [-0.25, -0.2) is 0 Å². The van der Waals surface area contributed by atoms with Gasteiger partial charge in [0.2, 0.25) is 5.91 Å². The van der Waals surface area contributed by atoms with E-state index in [2.05, 4.69) is 15.5 Å². The summed E-state index contributed by atoms with van der Waals surface area (Å²) in [5.74, 6) is 1.90. The minimum absolute atomic E-state index is 0.136. The van der Waals surface area contributed by atoms with Gasteiger partial charge in [-0.3, -0.25) is 9.89 Å². The van der Waals surface area contributed by atoms with Crippen LogP contribution in [-0.2, 0) is 11.2 Å². The molecule has 0 aliphatic rings. The van der Waals surface area contributed by atoms with Crippen LogP contribution in [0.3, 0.4) is 0 Å². The van der Waals surface area contributed by atoms with Gasteiger partial charge >= 0.3 is 0 Å². The minimum Gasteiger partial charge on any atom is -0.497 e. The van der Waals surface area contributed by atoms with E-state index in [1.54, 1.807) is 27.4 Å². The van der Waals surface area contributed by atoms with Crippen LogP contribution in [0.15, 0.2) is 42.5 Å². The molecule has 0 atom stereocenters. The number of hydrogen-bond acceptors (Lipinski definition) is 5. The maximum absolute atomic E-state index is 12.6. The number of hydrogen-bond donors (Lipinski definition) is 2. The van der Waals surface area contributed by atoms with Gasteiger partial charge < -0.3 is 19.5 Å². The Morgan fingerprint density at radius 3 is 2.32 bits per heavy atom. The lowest BCUT2D eigenvalue weighted by atomic mass is 10.1. The van der Waals surface area contributed by atoms with Crippen LogP contribution in [0.25, 0.3) is 11.3 Å². The van der Waals surface area contributed by atoms with Gasteiger partial charge in [0.1, 0.15) is 22.9 Å². The number of amides is 1. The number of nitrogens with one attached hydrogen (secondary N) is 2. The van der Waals surface area contributed by atoms with E-state index in [1.165, 1.54) is 0 Å². The average Bonchev–Trinajstić information content (AvgIpc) is 3.08. The van der Waals surface area contributed by atoms with Gasteiger partial charge in [0.15, 0.2) is 0 Å². The number of methoxy groups -OCH3 is 3. The molecule has 7 nitrogen and oxygen atoms in total. The van der Waals surface area contributed by atoms with E-state index in [9.17, 15) is 4.79 Å². The summed E-state index contributed by atoms with van der Waals surface area (Å²) in [6.07, 6.45) is 0.244. The zero-order valence-electron chi connectivity index (χ0n) is 16.3. The monoisotopic (exact) mass is 381 g/mol. The highest BCUT2D eigenvalue weighted by molar-refractivity contribution is 5.97. The standard InChI is InChI=1S/C21H23N3O4/c1-13-20(22-19(25)11-14-5-7-15(26-2)8-6-14)21(24-23-13)17-10-9-16(27-3)12-18(17)28-4/h5-10,12H,11H2,1-4H3,(H,22,25)(H,23,24). The van der Waals surface area contributed by atoms with E-state index in [1.807, 2.05) is 43.3 Å². The highest BCUT2D eigenvalue weighted by Crippen LogP contribution is 2.37. The molecule has 0 fully saturated rings. The Balaban J connectivity index is 1.84. The molecule has 7 heteroatoms. The molecule has 1 heterocycles. The molecule has 146 valence electrons. The number of nitrogens with zero attached hydrogens (tertiary/aromatic N) is 1. The maximum atomic E-state index is 12.6. The zero-order valence-corrected chi connectivity index (χ0v) is 16.3. The third kappa shape index (κ3) is 4.09. The average molecular weight is 381 g/mol. The van der Waals surface area contributed by atoms with E-state index in [-0.39, 0.29) is 12.3 Å². The Morgan fingerprint density at radius 2 is 1.68 bits per heavy atom. The topological polar surface area (TPSA) is 85.5 Å². The summed E-state index contributed by atoms with van der Waals surface area (Å²) in [7, 11) is 4.79. The highest BCUT2D eigenvalue weighted by atomic mass is 16.5.